The summed E-state index contributed by atoms with van der Waals surface area (Å²) in [6, 6.07) is 14.5. The summed E-state index contributed by atoms with van der Waals surface area (Å²) in [5, 5.41) is 0. The van der Waals surface area contributed by atoms with Gasteiger partial charge in [0, 0.05) is 23.7 Å². The van der Waals surface area contributed by atoms with Crippen LogP contribution in [-0.4, -0.2) is 5.97 Å². The summed E-state index contributed by atoms with van der Waals surface area (Å²) < 4.78 is 5.00. The van der Waals surface area contributed by atoms with Crippen molar-refractivity contribution in [2.75, 3.05) is 5.73 Å². The second-order valence-corrected chi connectivity index (χ2v) is 3.96. The molecule has 0 heterocycles. The van der Waals surface area contributed by atoms with Crippen molar-refractivity contribution in [2.24, 2.45) is 0 Å². The highest BCUT2D eigenvalue weighted by atomic mass is 16.5. The van der Waals surface area contributed by atoms with Gasteiger partial charge in [-0.1, -0.05) is 30.0 Å². The number of esters is 1. The molecule has 0 radical (unpaired) electrons. The Kier molecular flexibility index (Phi) is 3.84. The van der Waals surface area contributed by atoms with Gasteiger partial charge in [0.2, 0.25) is 0 Å². The Labute approximate surface area is 112 Å². The Hall–Kier alpha value is -2.73. The minimum Gasteiger partial charge on any atom is -0.427 e. The first-order valence-electron chi connectivity index (χ1n) is 5.80. The third kappa shape index (κ3) is 3.62. The van der Waals surface area contributed by atoms with E-state index >= 15 is 0 Å². The lowest BCUT2D eigenvalue weighted by atomic mass is 10.1. The van der Waals surface area contributed by atoms with Crippen molar-refractivity contribution >= 4 is 11.7 Å². The van der Waals surface area contributed by atoms with Crippen LogP contribution in [0.15, 0.2) is 48.5 Å². The highest BCUT2D eigenvalue weighted by molar-refractivity contribution is 5.69. The second-order valence-electron chi connectivity index (χ2n) is 3.96. The average molecular weight is 251 g/mol. The summed E-state index contributed by atoms with van der Waals surface area (Å²) in [6.45, 7) is 1.36. The van der Waals surface area contributed by atoms with Gasteiger partial charge in [-0.3, -0.25) is 4.79 Å². The number of para-hydroxylation sites is 1. The highest BCUT2D eigenvalue weighted by Crippen LogP contribution is 2.13. The van der Waals surface area contributed by atoms with E-state index in [4.69, 9.17) is 10.5 Å². The van der Waals surface area contributed by atoms with E-state index in [1.54, 1.807) is 24.3 Å². The molecule has 0 spiro atoms. The lowest BCUT2D eigenvalue weighted by molar-refractivity contribution is -0.131. The Morgan fingerprint density at radius 1 is 1.11 bits per heavy atom. The summed E-state index contributed by atoms with van der Waals surface area (Å²) >= 11 is 0. The summed E-state index contributed by atoms with van der Waals surface area (Å²) in [5.41, 5.74) is 8.00. The van der Waals surface area contributed by atoms with E-state index in [1.807, 2.05) is 24.3 Å². The van der Waals surface area contributed by atoms with Crippen molar-refractivity contribution in [3.8, 4) is 17.6 Å². The number of carbonyl (C=O) groups excluding carboxylic acids is 1. The van der Waals surface area contributed by atoms with E-state index in [0.29, 0.717) is 11.4 Å². The van der Waals surface area contributed by atoms with E-state index in [1.165, 1.54) is 6.92 Å². The number of benzene rings is 2. The molecule has 0 aliphatic carbocycles. The van der Waals surface area contributed by atoms with Crippen molar-refractivity contribution in [3.05, 3.63) is 59.7 Å². The number of rotatable bonds is 1. The van der Waals surface area contributed by atoms with Crippen LogP contribution in [-0.2, 0) is 4.79 Å². The van der Waals surface area contributed by atoms with Crippen molar-refractivity contribution in [1.29, 1.82) is 0 Å². The molecule has 0 aromatic heterocycles. The van der Waals surface area contributed by atoms with E-state index in [0.717, 1.165) is 11.1 Å². The number of ether oxygens (including phenoxy) is 1. The van der Waals surface area contributed by atoms with Gasteiger partial charge < -0.3 is 10.5 Å². The lowest BCUT2D eigenvalue weighted by Gasteiger charge is -2.00. The summed E-state index contributed by atoms with van der Waals surface area (Å²) in [7, 11) is 0. The van der Waals surface area contributed by atoms with E-state index in [9.17, 15) is 4.79 Å². The van der Waals surface area contributed by atoms with Gasteiger partial charge in [-0.25, -0.2) is 0 Å². The zero-order chi connectivity index (χ0) is 13.7. The molecule has 0 bridgehead atoms. The van der Waals surface area contributed by atoms with Crippen molar-refractivity contribution in [1.82, 2.24) is 0 Å². The number of carbonyl (C=O) groups is 1. The Bertz CT molecular complexity index is 666. The minimum atomic E-state index is -0.350. The van der Waals surface area contributed by atoms with Gasteiger partial charge in [0.05, 0.1) is 0 Å². The Morgan fingerprint density at radius 2 is 1.89 bits per heavy atom. The number of nitrogens with two attached hydrogens (primary N) is 1. The van der Waals surface area contributed by atoms with Crippen molar-refractivity contribution < 1.29 is 9.53 Å². The molecule has 0 fully saturated rings. The van der Waals surface area contributed by atoms with Gasteiger partial charge in [-0.2, -0.15) is 0 Å². The first kappa shape index (κ1) is 12.7. The van der Waals surface area contributed by atoms with Crippen LogP contribution < -0.4 is 10.5 Å². The third-order valence-electron chi connectivity index (χ3n) is 2.40. The van der Waals surface area contributed by atoms with Crippen LogP contribution in [0.2, 0.25) is 0 Å². The van der Waals surface area contributed by atoms with Gasteiger partial charge >= 0.3 is 5.97 Å². The van der Waals surface area contributed by atoms with Gasteiger partial charge in [0.15, 0.2) is 0 Å². The van der Waals surface area contributed by atoms with E-state index in [-0.39, 0.29) is 5.97 Å². The van der Waals surface area contributed by atoms with Gasteiger partial charge in [-0.05, 0) is 30.3 Å². The van der Waals surface area contributed by atoms with Gasteiger partial charge in [0.1, 0.15) is 5.75 Å². The molecule has 2 N–H and O–H groups in total. The molecule has 0 aliphatic rings. The molecule has 2 aromatic rings. The van der Waals surface area contributed by atoms with Gasteiger partial charge in [-0.15, -0.1) is 0 Å². The van der Waals surface area contributed by atoms with Crippen LogP contribution >= 0.6 is 0 Å². The van der Waals surface area contributed by atoms with E-state index in [2.05, 4.69) is 11.8 Å². The molecule has 2 aromatic carbocycles. The first-order valence-corrected chi connectivity index (χ1v) is 5.80. The summed E-state index contributed by atoms with van der Waals surface area (Å²) in [5.74, 6) is 6.13. The number of hydrogen-bond acceptors (Lipinski definition) is 3. The van der Waals surface area contributed by atoms with Gasteiger partial charge in [0.25, 0.3) is 0 Å². The van der Waals surface area contributed by atoms with Crippen LogP contribution in [0.4, 0.5) is 5.69 Å². The van der Waals surface area contributed by atoms with Crippen LogP contribution in [0.25, 0.3) is 0 Å². The van der Waals surface area contributed by atoms with Crippen molar-refractivity contribution in [2.45, 2.75) is 6.92 Å². The molecular formula is C16H13NO2. The SMILES string of the molecule is CC(=O)Oc1cccc(C#Cc2ccccc2N)c1. The predicted octanol–water partition coefficient (Wildman–Crippen LogP) is 2.59. The topological polar surface area (TPSA) is 52.3 Å². The molecule has 0 aliphatic heterocycles. The van der Waals surface area contributed by atoms with Crippen LogP contribution in [0.1, 0.15) is 18.1 Å². The minimum absolute atomic E-state index is 0.350. The maximum Gasteiger partial charge on any atom is 0.308 e. The molecule has 19 heavy (non-hydrogen) atoms. The zero-order valence-corrected chi connectivity index (χ0v) is 10.5. The molecule has 94 valence electrons. The molecule has 0 amide bonds. The normalized spacial score (nSPS) is 9.32. The third-order valence-corrected chi connectivity index (χ3v) is 2.40. The first-order chi connectivity index (χ1) is 9.15. The smallest absolute Gasteiger partial charge is 0.308 e. The fraction of sp³-hybridized carbons (Fsp3) is 0.0625. The lowest BCUT2D eigenvalue weighted by Crippen LogP contribution is -2.01. The maximum atomic E-state index is 10.9. The quantitative estimate of drug-likeness (QED) is 0.367. The Morgan fingerprint density at radius 3 is 2.63 bits per heavy atom. The summed E-state index contributed by atoms with van der Waals surface area (Å²) in [4.78, 5) is 10.9. The Balaban J connectivity index is 2.25. The average Bonchev–Trinajstić information content (AvgIpc) is 2.37. The number of nitrogen functional groups attached to an aromatic ring is 1. The summed E-state index contributed by atoms with van der Waals surface area (Å²) in [6.07, 6.45) is 0. The van der Waals surface area contributed by atoms with Crippen LogP contribution in [0.5, 0.6) is 5.75 Å². The fourth-order valence-corrected chi connectivity index (χ4v) is 1.55. The number of hydrogen-bond donors (Lipinski definition) is 1. The zero-order valence-electron chi connectivity index (χ0n) is 10.5. The molecule has 2 rings (SSSR count). The monoisotopic (exact) mass is 251 g/mol. The molecule has 0 unspecified atom stereocenters. The van der Waals surface area contributed by atoms with Crippen LogP contribution in [0, 0.1) is 11.8 Å². The fourth-order valence-electron chi connectivity index (χ4n) is 1.55. The molecule has 3 nitrogen and oxygen atoms in total. The maximum absolute atomic E-state index is 10.9. The molecule has 0 saturated heterocycles. The largest absolute Gasteiger partial charge is 0.427 e. The van der Waals surface area contributed by atoms with Crippen molar-refractivity contribution in [3.63, 3.8) is 0 Å². The number of anilines is 1. The molecular weight excluding hydrogens is 238 g/mol. The highest BCUT2D eigenvalue weighted by Gasteiger charge is 1.98. The molecule has 0 saturated carbocycles. The van der Waals surface area contributed by atoms with E-state index < -0.39 is 0 Å². The predicted molar refractivity (Wildman–Crippen MR) is 74.6 cm³/mol. The van der Waals surface area contributed by atoms with Crippen LogP contribution in [0.3, 0.4) is 0 Å². The second kappa shape index (κ2) is 5.74. The molecule has 0 atom stereocenters. The standard InChI is InChI=1S/C16H13NO2/c1-12(18)19-15-7-4-5-13(11-15)9-10-14-6-2-3-8-16(14)17/h2-8,11H,17H2,1H3. The molecule has 3 heteroatoms.